The summed E-state index contributed by atoms with van der Waals surface area (Å²) in [5.74, 6) is 0. The molecule has 1 aliphatic heterocycles. The average molecular weight is 476 g/mol. The first-order chi connectivity index (χ1) is 17.4. The second kappa shape index (κ2) is 14.8. The lowest BCUT2D eigenvalue weighted by Gasteiger charge is -2.31. The van der Waals surface area contributed by atoms with Crippen molar-refractivity contribution in [1.82, 2.24) is 4.90 Å². The van der Waals surface area contributed by atoms with Crippen LogP contribution in [0.5, 0.6) is 0 Å². The van der Waals surface area contributed by atoms with E-state index in [4.69, 9.17) is 18.9 Å². The van der Waals surface area contributed by atoms with Crippen LogP contribution in [0, 0.1) is 0 Å². The molecule has 3 aromatic carbocycles. The van der Waals surface area contributed by atoms with Gasteiger partial charge in [0.2, 0.25) is 0 Å². The van der Waals surface area contributed by atoms with E-state index in [0.717, 1.165) is 26.1 Å². The summed E-state index contributed by atoms with van der Waals surface area (Å²) in [4.78, 5) is 2.48. The van der Waals surface area contributed by atoms with Gasteiger partial charge in [-0.3, -0.25) is 4.90 Å². The van der Waals surface area contributed by atoms with E-state index in [1.165, 1.54) is 16.7 Å². The Labute approximate surface area is 209 Å². The number of hydrogen-bond acceptors (Lipinski definition) is 5. The highest BCUT2D eigenvalue weighted by Gasteiger charge is 2.22. The minimum Gasteiger partial charge on any atom is -0.377 e. The predicted octanol–water partition coefficient (Wildman–Crippen LogP) is 5.09. The third kappa shape index (κ3) is 8.88. The highest BCUT2D eigenvalue weighted by atomic mass is 16.6. The molecule has 5 nitrogen and oxygen atoms in total. The average Bonchev–Trinajstić information content (AvgIpc) is 2.93. The van der Waals surface area contributed by atoms with E-state index in [9.17, 15) is 0 Å². The molecular weight excluding hydrogens is 438 g/mol. The molecule has 1 heterocycles. The standard InChI is InChI=1S/C30H37NO4/c1-4-10-26(11-5-1)16-17-31-24-29(27-12-6-2-7-13-27)34-22-20-32-18-19-33-21-23-35-30(25-31)28-14-8-3-9-15-28/h1-15,29-30H,16-25H2/t29-,30-/m0/s1. The first-order valence-corrected chi connectivity index (χ1v) is 12.6. The van der Waals surface area contributed by atoms with E-state index in [2.05, 4.69) is 83.8 Å². The molecule has 0 unspecified atom stereocenters. The molecule has 186 valence electrons. The van der Waals surface area contributed by atoms with E-state index < -0.39 is 0 Å². The monoisotopic (exact) mass is 475 g/mol. The van der Waals surface area contributed by atoms with Gasteiger partial charge in [-0.05, 0) is 23.1 Å². The molecule has 0 N–H and O–H groups in total. The first-order valence-electron chi connectivity index (χ1n) is 12.6. The van der Waals surface area contributed by atoms with Crippen molar-refractivity contribution in [2.75, 3.05) is 59.3 Å². The van der Waals surface area contributed by atoms with E-state index in [-0.39, 0.29) is 12.2 Å². The molecule has 3 aromatic rings. The number of nitrogens with zero attached hydrogens (tertiary/aromatic N) is 1. The second-order valence-corrected chi connectivity index (χ2v) is 8.76. The third-order valence-electron chi connectivity index (χ3n) is 6.22. The van der Waals surface area contributed by atoms with E-state index in [1.54, 1.807) is 0 Å². The van der Waals surface area contributed by atoms with E-state index in [0.29, 0.717) is 39.6 Å². The number of benzene rings is 3. The largest absolute Gasteiger partial charge is 0.377 e. The molecule has 2 atom stereocenters. The van der Waals surface area contributed by atoms with Crippen LogP contribution in [0.4, 0.5) is 0 Å². The van der Waals surface area contributed by atoms with Crippen molar-refractivity contribution in [3.05, 3.63) is 108 Å². The quantitative estimate of drug-likeness (QED) is 0.514. The normalized spacial score (nSPS) is 21.6. The summed E-state index contributed by atoms with van der Waals surface area (Å²) in [5.41, 5.74) is 3.70. The van der Waals surface area contributed by atoms with Crippen molar-refractivity contribution in [2.24, 2.45) is 0 Å². The fourth-order valence-electron chi connectivity index (χ4n) is 4.32. The maximum absolute atomic E-state index is 6.38. The van der Waals surface area contributed by atoms with Gasteiger partial charge in [0.25, 0.3) is 0 Å². The fourth-order valence-corrected chi connectivity index (χ4v) is 4.32. The molecule has 35 heavy (non-hydrogen) atoms. The Morgan fingerprint density at radius 1 is 0.543 bits per heavy atom. The van der Waals surface area contributed by atoms with Crippen molar-refractivity contribution in [3.63, 3.8) is 0 Å². The molecule has 0 aromatic heterocycles. The Kier molecular flexibility index (Phi) is 10.8. The van der Waals surface area contributed by atoms with Crippen molar-refractivity contribution in [2.45, 2.75) is 18.6 Å². The Hall–Kier alpha value is -2.54. The van der Waals surface area contributed by atoms with Gasteiger partial charge in [0.15, 0.2) is 0 Å². The molecule has 0 radical (unpaired) electrons. The number of ether oxygens (including phenoxy) is 4. The van der Waals surface area contributed by atoms with Gasteiger partial charge in [0.05, 0.1) is 51.8 Å². The molecule has 0 spiro atoms. The van der Waals surface area contributed by atoms with Crippen LogP contribution >= 0.6 is 0 Å². The van der Waals surface area contributed by atoms with E-state index >= 15 is 0 Å². The third-order valence-corrected chi connectivity index (χ3v) is 6.22. The molecular formula is C30H37NO4. The fraction of sp³-hybridized carbons (Fsp3) is 0.400. The lowest BCUT2D eigenvalue weighted by atomic mass is 10.1. The lowest BCUT2D eigenvalue weighted by molar-refractivity contribution is -0.0219. The highest BCUT2D eigenvalue weighted by Crippen LogP contribution is 2.24. The molecule has 5 heteroatoms. The first kappa shape index (κ1) is 25.5. The van der Waals surface area contributed by atoms with Crippen molar-refractivity contribution < 1.29 is 18.9 Å². The van der Waals surface area contributed by atoms with Gasteiger partial charge in [0.1, 0.15) is 0 Å². The minimum atomic E-state index is -0.0478. The van der Waals surface area contributed by atoms with Crippen molar-refractivity contribution >= 4 is 0 Å². The number of hydrogen-bond donors (Lipinski definition) is 0. The van der Waals surface area contributed by atoms with Gasteiger partial charge >= 0.3 is 0 Å². The number of rotatable bonds is 5. The summed E-state index contributed by atoms with van der Waals surface area (Å²) >= 11 is 0. The van der Waals surface area contributed by atoms with Gasteiger partial charge in [-0.15, -0.1) is 0 Å². The smallest absolute Gasteiger partial charge is 0.0952 e. The topological polar surface area (TPSA) is 40.2 Å². The van der Waals surface area contributed by atoms with Crippen LogP contribution in [0.15, 0.2) is 91.0 Å². The van der Waals surface area contributed by atoms with Gasteiger partial charge in [-0.25, -0.2) is 0 Å². The molecule has 4 rings (SSSR count). The van der Waals surface area contributed by atoms with Crippen LogP contribution in [0.25, 0.3) is 0 Å². The summed E-state index contributed by atoms with van der Waals surface area (Å²) < 4.78 is 24.2. The molecule has 1 aliphatic rings. The molecule has 1 fully saturated rings. The van der Waals surface area contributed by atoms with Crippen molar-refractivity contribution in [3.8, 4) is 0 Å². The van der Waals surface area contributed by atoms with Crippen LogP contribution in [0.1, 0.15) is 28.9 Å². The van der Waals surface area contributed by atoms with Crippen LogP contribution in [0.3, 0.4) is 0 Å². The molecule has 0 amide bonds. The zero-order valence-electron chi connectivity index (χ0n) is 20.5. The van der Waals surface area contributed by atoms with Crippen LogP contribution in [-0.2, 0) is 25.4 Å². The van der Waals surface area contributed by atoms with Crippen LogP contribution < -0.4 is 0 Å². The van der Waals surface area contributed by atoms with Crippen LogP contribution in [0.2, 0.25) is 0 Å². The van der Waals surface area contributed by atoms with Crippen molar-refractivity contribution in [1.29, 1.82) is 0 Å². The Morgan fingerprint density at radius 2 is 0.971 bits per heavy atom. The summed E-state index contributed by atoms with van der Waals surface area (Å²) in [6.07, 6.45) is 0.873. The SMILES string of the molecule is c1ccc(CCN2C[C@@H](c3ccccc3)OCCOCCOCCO[C@H](c3ccccc3)C2)cc1. The maximum Gasteiger partial charge on any atom is 0.0952 e. The summed E-state index contributed by atoms with van der Waals surface area (Å²) in [5, 5.41) is 0. The highest BCUT2D eigenvalue weighted by molar-refractivity contribution is 5.20. The van der Waals surface area contributed by atoms with Crippen LogP contribution in [-0.4, -0.2) is 64.2 Å². The molecule has 0 aliphatic carbocycles. The Morgan fingerprint density at radius 3 is 1.46 bits per heavy atom. The van der Waals surface area contributed by atoms with Gasteiger partial charge in [0, 0.05) is 19.6 Å². The molecule has 0 saturated carbocycles. The predicted molar refractivity (Wildman–Crippen MR) is 138 cm³/mol. The Bertz CT molecular complexity index is 881. The molecule has 0 bridgehead atoms. The van der Waals surface area contributed by atoms with Gasteiger partial charge < -0.3 is 18.9 Å². The van der Waals surface area contributed by atoms with Gasteiger partial charge in [-0.1, -0.05) is 91.0 Å². The summed E-state index contributed by atoms with van der Waals surface area (Å²) in [6.45, 7) is 5.79. The summed E-state index contributed by atoms with van der Waals surface area (Å²) in [7, 11) is 0. The zero-order valence-corrected chi connectivity index (χ0v) is 20.5. The maximum atomic E-state index is 6.38. The summed E-state index contributed by atoms with van der Waals surface area (Å²) in [6, 6.07) is 31.6. The second-order valence-electron chi connectivity index (χ2n) is 8.76. The lowest BCUT2D eigenvalue weighted by Crippen LogP contribution is -2.36. The van der Waals surface area contributed by atoms with E-state index in [1.807, 2.05) is 12.1 Å². The minimum absolute atomic E-state index is 0.0478. The molecule has 1 saturated heterocycles. The zero-order chi connectivity index (χ0) is 24.0. The Balaban J connectivity index is 1.56. The van der Waals surface area contributed by atoms with Gasteiger partial charge in [-0.2, -0.15) is 0 Å².